The van der Waals surface area contributed by atoms with E-state index >= 15 is 0 Å². The van der Waals surface area contributed by atoms with Gasteiger partial charge in [-0.25, -0.2) is 0 Å². The predicted molar refractivity (Wildman–Crippen MR) is 97.3 cm³/mol. The summed E-state index contributed by atoms with van der Waals surface area (Å²) in [5.41, 5.74) is 2.14. The van der Waals surface area contributed by atoms with Crippen molar-refractivity contribution in [2.75, 3.05) is 56.0 Å². The third-order valence-electron chi connectivity index (χ3n) is 4.52. The Morgan fingerprint density at radius 1 is 1.00 bits per heavy atom. The van der Waals surface area contributed by atoms with Crippen LogP contribution in [0.15, 0.2) is 24.3 Å². The molecule has 1 aromatic rings. The predicted octanol–water partition coefficient (Wildman–Crippen LogP) is 1.64. The maximum Gasteiger partial charge on any atom is 0.241 e. The zero-order valence-electron chi connectivity index (χ0n) is 14.9. The molecule has 0 saturated carbocycles. The second kappa shape index (κ2) is 8.57. The van der Waals surface area contributed by atoms with Crippen molar-refractivity contribution in [1.29, 1.82) is 0 Å². The summed E-state index contributed by atoms with van der Waals surface area (Å²) in [7, 11) is 0. The number of hydrogen-bond acceptors (Lipinski definition) is 4. The number of nitrogens with zero attached hydrogens (tertiary/aromatic N) is 3. The van der Waals surface area contributed by atoms with Crippen LogP contribution in [0.5, 0.6) is 0 Å². The molecule has 24 heavy (non-hydrogen) atoms. The van der Waals surface area contributed by atoms with Gasteiger partial charge in [-0.3, -0.25) is 9.59 Å². The van der Waals surface area contributed by atoms with Gasteiger partial charge in [0.05, 0.1) is 6.54 Å². The van der Waals surface area contributed by atoms with Gasteiger partial charge in [0.1, 0.15) is 0 Å². The number of rotatable bonds is 6. The van der Waals surface area contributed by atoms with E-state index in [4.69, 9.17) is 0 Å². The Hall–Kier alpha value is -2.24. The largest absolute Gasteiger partial charge is 0.376 e. The van der Waals surface area contributed by atoms with Crippen molar-refractivity contribution in [3.8, 4) is 0 Å². The molecule has 1 fully saturated rings. The molecular weight excluding hydrogens is 304 g/mol. The van der Waals surface area contributed by atoms with Gasteiger partial charge in [0, 0.05) is 57.6 Å². The fourth-order valence-electron chi connectivity index (χ4n) is 2.94. The molecule has 0 radical (unpaired) electrons. The third-order valence-corrected chi connectivity index (χ3v) is 4.52. The summed E-state index contributed by atoms with van der Waals surface area (Å²) in [6, 6.07) is 8.17. The second-order valence-electron chi connectivity index (χ2n) is 5.96. The Labute approximate surface area is 144 Å². The summed E-state index contributed by atoms with van der Waals surface area (Å²) in [6.07, 6.45) is 0. The molecule has 6 heteroatoms. The normalized spacial score (nSPS) is 14.5. The van der Waals surface area contributed by atoms with Gasteiger partial charge < -0.3 is 20.0 Å². The molecule has 1 N–H and O–H groups in total. The lowest BCUT2D eigenvalue weighted by molar-refractivity contribution is -0.137. The minimum Gasteiger partial charge on any atom is -0.376 e. The first-order valence-corrected chi connectivity index (χ1v) is 8.67. The van der Waals surface area contributed by atoms with Crippen LogP contribution in [-0.2, 0) is 9.59 Å². The van der Waals surface area contributed by atoms with E-state index in [2.05, 4.69) is 36.2 Å². The molecule has 1 aliphatic rings. The van der Waals surface area contributed by atoms with Crippen LogP contribution in [0, 0.1) is 0 Å². The number of benzene rings is 1. The number of amides is 2. The maximum absolute atomic E-state index is 12.3. The van der Waals surface area contributed by atoms with Crippen molar-refractivity contribution in [2.24, 2.45) is 0 Å². The summed E-state index contributed by atoms with van der Waals surface area (Å²) in [6.45, 7) is 10.6. The van der Waals surface area contributed by atoms with Crippen molar-refractivity contribution in [1.82, 2.24) is 9.80 Å². The molecule has 0 aliphatic carbocycles. The summed E-state index contributed by atoms with van der Waals surface area (Å²) >= 11 is 0. The molecule has 1 saturated heterocycles. The van der Waals surface area contributed by atoms with Crippen LogP contribution in [0.2, 0.25) is 0 Å². The first-order chi connectivity index (χ1) is 11.5. The number of carbonyl (C=O) groups is 2. The monoisotopic (exact) mass is 332 g/mol. The number of anilines is 2. The van der Waals surface area contributed by atoms with E-state index < -0.39 is 0 Å². The second-order valence-corrected chi connectivity index (χ2v) is 5.96. The molecule has 6 nitrogen and oxygen atoms in total. The molecule has 0 aromatic heterocycles. The van der Waals surface area contributed by atoms with Gasteiger partial charge in [-0.15, -0.1) is 0 Å². The van der Waals surface area contributed by atoms with E-state index in [0.29, 0.717) is 26.2 Å². The van der Waals surface area contributed by atoms with E-state index in [-0.39, 0.29) is 18.4 Å². The maximum atomic E-state index is 12.3. The van der Waals surface area contributed by atoms with Gasteiger partial charge >= 0.3 is 0 Å². The quantitative estimate of drug-likeness (QED) is 0.860. The summed E-state index contributed by atoms with van der Waals surface area (Å²) in [5.74, 6) is 0.152. The van der Waals surface area contributed by atoms with Crippen LogP contribution in [0.1, 0.15) is 20.8 Å². The van der Waals surface area contributed by atoms with Crippen LogP contribution >= 0.6 is 0 Å². The van der Waals surface area contributed by atoms with E-state index in [1.807, 2.05) is 17.0 Å². The zero-order valence-corrected chi connectivity index (χ0v) is 14.9. The van der Waals surface area contributed by atoms with Crippen LogP contribution < -0.4 is 10.2 Å². The van der Waals surface area contributed by atoms with Gasteiger partial charge in [-0.05, 0) is 38.1 Å². The number of hydrogen-bond donors (Lipinski definition) is 1. The smallest absolute Gasteiger partial charge is 0.241 e. The van der Waals surface area contributed by atoms with Gasteiger partial charge in [-0.1, -0.05) is 0 Å². The fraction of sp³-hybridized carbons (Fsp3) is 0.556. The SMILES string of the molecule is CCN(CC)c1ccc(NCC(=O)N2CCN(C(C)=O)CC2)cc1. The standard InChI is InChI=1S/C18H28N4O2/c1-4-20(5-2)17-8-6-16(7-9-17)19-14-18(24)22-12-10-21(11-13-22)15(3)23/h6-9,19H,4-5,10-14H2,1-3H3. The Morgan fingerprint density at radius 3 is 2.04 bits per heavy atom. The van der Waals surface area contributed by atoms with Crippen molar-refractivity contribution < 1.29 is 9.59 Å². The average molecular weight is 332 g/mol. The average Bonchev–Trinajstić information content (AvgIpc) is 2.62. The van der Waals surface area contributed by atoms with Gasteiger partial charge in [-0.2, -0.15) is 0 Å². The highest BCUT2D eigenvalue weighted by Gasteiger charge is 2.21. The summed E-state index contributed by atoms with van der Waals surface area (Å²) < 4.78 is 0. The summed E-state index contributed by atoms with van der Waals surface area (Å²) in [4.78, 5) is 29.5. The molecule has 1 aliphatic heterocycles. The van der Waals surface area contributed by atoms with Gasteiger partial charge in [0.2, 0.25) is 11.8 Å². The molecule has 0 bridgehead atoms. The molecule has 0 unspecified atom stereocenters. The van der Waals surface area contributed by atoms with Gasteiger partial charge in [0.25, 0.3) is 0 Å². The molecule has 0 spiro atoms. The van der Waals surface area contributed by atoms with Crippen LogP contribution in [0.3, 0.4) is 0 Å². The van der Waals surface area contributed by atoms with Crippen molar-refractivity contribution in [3.05, 3.63) is 24.3 Å². The lowest BCUT2D eigenvalue weighted by Crippen LogP contribution is -2.51. The van der Waals surface area contributed by atoms with Crippen molar-refractivity contribution in [2.45, 2.75) is 20.8 Å². The Morgan fingerprint density at radius 2 is 1.54 bits per heavy atom. The molecule has 1 aromatic carbocycles. The zero-order chi connectivity index (χ0) is 17.5. The lowest BCUT2D eigenvalue weighted by Gasteiger charge is -2.34. The molecule has 2 amide bonds. The Bertz CT molecular complexity index is 547. The highest BCUT2D eigenvalue weighted by Crippen LogP contribution is 2.17. The molecule has 0 atom stereocenters. The number of nitrogens with one attached hydrogen (secondary N) is 1. The van der Waals surface area contributed by atoms with E-state index in [1.54, 1.807) is 11.8 Å². The van der Waals surface area contributed by atoms with Crippen LogP contribution in [0.25, 0.3) is 0 Å². The highest BCUT2D eigenvalue weighted by atomic mass is 16.2. The van der Waals surface area contributed by atoms with Gasteiger partial charge in [0.15, 0.2) is 0 Å². The third kappa shape index (κ3) is 4.63. The lowest BCUT2D eigenvalue weighted by atomic mass is 10.2. The van der Waals surface area contributed by atoms with Crippen molar-refractivity contribution >= 4 is 23.2 Å². The molecule has 132 valence electrons. The van der Waals surface area contributed by atoms with Crippen molar-refractivity contribution in [3.63, 3.8) is 0 Å². The molecular formula is C18H28N4O2. The first kappa shape index (κ1) is 18.1. The van der Waals surface area contributed by atoms with E-state index in [1.165, 1.54) is 5.69 Å². The first-order valence-electron chi connectivity index (χ1n) is 8.67. The van der Waals surface area contributed by atoms with E-state index in [0.717, 1.165) is 18.8 Å². The Kier molecular flexibility index (Phi) is 6.46. The van der Waals surface area contributed by atoms with E-state index in [9.17, 15) is 9.59 Å². The number of carbonyl (C=O) groups excluding carboxylic acids is 2. The minimum atomic E-state index is 0.0750. The summed E-state index contributed by atoms with van der Waals surface area (Å²) in [5, 5.41) is 3.19. The van der Waals surface area contributed by atoms with Crippen LogP contribution in [0.4, 0.5) is 11.4 Å². The fourth-order valence-corrected chi connectivity index (χ4v) is 2.94. The minimum absolute atomic E-state index is 0.0750. The Balaban J connectivity index is 1.81. The molecule has 1 heterocycles. The molecule has 2 rings (SSSR count). The number of piperazine rings is 1. The van der Waals surface area contributed by atoms with Crippen LogP contribution in [-0.4, -0.2) is 67.4 Å². The highest BCUT2D eigenvalue weighted by molar-refractivity contribution is 5.81. The topological polar surface area (TPSA) is 55.9 Å².